The van der Waals surface area contributed by atoms with Gasteiger partial charge >= 0.3 is 0 Å². The molecule has 0 spiro atoms. The first-order valence-electron chi connectivity index (χ1n) is 4.76. The van der Waals surface area contributed by atoms with Crippen molar-refractivity contribution < 1.29 is 4.74 Å². The topological polar surface area (TPSA) is 33.6 Å². The first-order chi connectivity index (χ1) is 7.75. The molecule has 3 nitrogen and oxygen atoms in total. The fourth-order valence-corrected chi connectivity index (χ4v) is 1.86. The van der Waals surface area contributed by atoms with Gasteiger partial charge in [0.15, 0.2) is 5.62 Å². The van der Waals surface area contributed by atoms with Gasteiger partial charge < -0.3 is 10.1 Å². The highest BCUT2D eigenvalue weighted by molar-refractivity contribution is 14.1. The molecule has 0 saturated carbocycles. The third-order valence-electron chi connectivity index (χ3n) is 2.00. The third kappa shape index (κ3) is 3.12. The zero-order valence-corrected chi connectivity index (χ0v) is 11.3. The fraction of sp³-hybridized carbons (Fsp3) is 0.182. The smallest absolute Gasteiger partial charge is 0.227 e. The number of rotatable bonds is 2. The molecule has 0 bridgehead atoms. The van der Waals surface area contributed by atoms with E-state index in [0.717, 1.165) is 9.14 Å². The Kier molecular flexibility index (Phi) is 4.06. The highest BCUT2D eigenvalue weighted by Gasteiger charge is 2.13. The summed E-state index contributed by atoms with van der Waals surface area (Å²) in [6, 6.07) is 9.96. The summed E-state index contributed by atoms with van der Waals surface area (Å²) in [5.41, 5.74) is 0.670. The molecule has 1 aliphatic heterocycles. The number of aliphatic imine (C=N–C) groups is 1. The Hall–Kier alpha value is -0.750. The van der Waals surface area contributed by atoms with E-state index in [1.165, 1.54) is 0 Å². The second kappa shape index (κ2) is 5.54. The molecule has 0 fully saturated rings. The average Bonchev–Trinajstić information content (AvgIpc) is 2.32. The Bertz CT molecular complexity index is 419. The standard InChI is InChI=1S/C11H10ClIN2O/c12-11-14-6-9(13)10(15-11)16-7-8-4-2-1-3-5-8/h1-6,11,14H,7H2. The fourth-order valence-electron chi connectivity index (χ4n) is 1.24. The van der Waals surface area contributed by atoms with Gasteiger partial charge in [-0.3, -0.25) is 0 Å². The summed E-state index contributed by atoms with van der Waals surface area (Å²) in [6.45, 7) is 0.504. The molecule has 1 N–H and O–H groups in total. The van der Waals surface area contributed by atoms with Crippen LogP contribution in [0.5, 0.6) is 0 Å². The summed E-state index contributed by atoms with van der Waals surface area (Å²) in [4.78, 5) is 4.15. The normalized spacial score (nSPS) is 19.5. The summed E-state index contributed by atoms with van der Waals surface area (Å²) in [5.74, 6) is 0.586. The largest absolute Gasteiger partial charge is 0.472 e. The lowest BCUT2D eigenvalue weighted by molar-refractivity contribution is 0.291. The van der Waals surface area contributed by atoms with Crippen molar-refractivity contribution in [3.63, 3.8) is 0 Å². The van der Waals surface area contributed by atoms with Crippen LogP contribution in [0.25, 0.3) is 0 Å². The first kappa shape index (κ1) is 11.7. The van der Waals surface area contributed by atoms with Crippen molar-refractivity contribution in [2.75, 3.05) is 0 Å². The lowest BCUT2D eigenvalue weighted by Gasteiger charge is -2.16. The molecular formula is C11H10ClIN2O. The van der Waals surface area contributed by atoms with Crippen LogP contribution in [0.1, 0.15) is 5.56 Å². The van der Waals surface area contributed by atoms with Crippen LogP contribution in [-0.2, 0) is 11.3 Å². The second-order valence-electron chi connectivity index (χ2n) is 3.20. The van der Waals surface area contributed by atoms with Gasteiger partial charge in [-0.2, -0.15) is 0 Å². The van der Waals surface area contributed by atoms with Crippen molar-refractivity contribution >= 4 is 40.1 Å². The minimum absolute atomic E-state index is 0.440. The zero-order valence-electron chi connectivity index (χ0n) is 8.36. The average molecular weight is 349 g/mol. The molecule has 1 heterocycles. The zero-order chi connectivity index (χ0) is 11.4. The second-order valence-corrected chi connectivity index (χ2v) is 4.78. The van der Waals surface area contributed by atoms with Crippen molar-refractivity contribution in [1.82, 2.24) is 5.32 Å². The minimum Gasteiger partial charge on any atom is -0.472 e. The number of nitrogens with one attached hydrogen (secondary N) is 1. The molecular weight excluding hydrogens is 338 g/mol. The molecule has 5 heteroatoms. The molecule has 0 radical (unpaired) electrons. The van der Waals surface area contributed by atoms with E-state index >= 15 is 0 Å². The third-order valence-corrected chi connectivity index (χ3v) is 3.00. The molecule has 84 valence electrons. The molecule has 1 aliphatic rings. The Morgan fingerprint density at radius 1 is 1.38 bits per heavy atom. The number of ether oxygens (including phenoxy) is 1. The molecule has 0 aromatic heterocycles. The van der Waals surface area contributed by atoms with Crippen LogP contribution in [-0.4, -0.2) is 11.5 Å². The Balaban J connectivity index is 1.98. The van der Waals surface area contributed by atoms with Gasteiger partial charge in [-0.05, 0) is 28.2 Å². The Labute approximate surface area is 113 Å². The predicted molar refractivity (Wildman–Crippen MR) is 73.5 cm³/mol. The van der Waals surface area contributed by atoms with Crippen molar-refractivity contribution in [1.29, 1.82) is 0 Å². The van der Waals surface area contributed by atoms with Gasteiger partial charge in [-0.25, -0.2) is 4.99 Å². The number of hydrogen-bond donors (Lipinski definition) is 1. The number of nitrogens with zero attached hydrogens (tertiary/aromatic N) is 1. The summed E-state index contributed by atoms with van der Waals surface area (Å²) in [6.07, 6.45) is 1.80. The lowest BCUT2D eigenvalue weighted by Crippen LogP contribution is -2.24. The van der Waals surface area contributed by atoms with Crippen molar-refractivity contribution in [3.8, 4) is 0 Å². The SMILES string of the molecule is ClC1N=C(OCc2ccccc2)C(I)=CN1. The molecule has 2 rings (SSSR count). The van der Waals surface area contributed by atoms with Crippen molar-refractivity contribution in [2.24, 2.45) is 4.99 Å². The maximum absolute atomic E-state index is 5.83. The molecule has 1 aromatic rings. The van der Waals surface area contributed by atoms with E-state index in [1.54, 1.807) is 6.20 Å². The van der Waals surface area contributed by atoms with E-state index in [0.29, 0.717) is 12.5 Å². The van der Waals surface area contributed by atoms with E-state index < -0.39 is 5.62 Å². The van der Waals surface area contributed by atoms with E-state index in [4.69, 9.17) is 16.3 Å². The van der Waals surface area contributed by atoms with E-state index in [2.05, 4.69) is 32.9 Å². The number of benzene rings is 1. The van der Waals surface area contributed by atoms with Crippen LogP contribution in [0, 0.1) is 0 Å². The van der Waals surface area contributed by atoms with Gasteiger partial charge in [-0.1, -0.05) is 41.9 Å². The van der Waals surface area contributed by atoms with Gasteiger partial charge in [0.05, 0.1) is 3.58 Å². The molecule has 16 heavy (non-hydrogen) atoms. The van der Waals surface area contributed by atoms with Crippen LogP contribution in [0.4, 0.5) is 0 Å². The maximum Gasteiger partial charge on any atom is 0.227 e. The minimum atomic E-state index is -0.440. The number of hydrogen-bond acceptors (Lipinski definition) is 3. The monoisotopic (exact) mass is 348 g/mol. The van der Waals surface area contributed by atoms with Gasteiger partial charge in [0.1, 0.15) is 6.61 Å². The molecule has 1 aromatic carbocycles. The quantitative estimate of drug-likeness (QED) is 0.506. The first-order valence-corrected chi connectivity index (χ1v) is 6.28. The summed E-state index contributed by atoms with van der Waals surface area (Å²) >= 11 is 7.99. The van der Waals surface area contributed by atoms with Crippen LogP contribution in [0.3, 0.4) is 0 Å². The number of halogens is 2. The van der Waals surface area contributed by atoms with Crippen LogP contribution < -0.4 is 5.32 Å². The van der Waals surface area contributed by atoms with Crippen LogP contribution in [0.2, 0.25) is 0 Å². The van der Waals surface area contributed by atoms with Gasteiger partial charge in [0.2, 0.25) is 5.90 Å². The summed E-state index contributed by atoms with van der Waals surface area (Å²) < 4.78 is 6.52. The van der Waals surface area contributed by atoms with E-state index in [-0.39, 0.29) is 0 Å². The van der Waals surface area contributed by atoms with Gasteiger partial charge in [0, 0.05) is 6.20 Å². The number of alkyl halides is 1. The molecule has 0 amide bonds. The van der Waals surface area contributed by atoms with Gasteiger partial charge in [-0.15, -0.1) is 0 Å². The van der Waals surface area contributed by atoms with E-state index in [9.17, 15) is 0 Å². The lowest BCUT2D eigenvalue weighted by atomic mass is 10.2. The van der Waals surface area contributed by atoms with Crippen LogP contribution >= 0.6 is 34.2 Å². The van der Waals surface area contributed by atoms with E-state index in [1.807, 2.05) is 30.3 Å². The maximum atomic E-state index is 5.83. The molecule has 0 aliphatic carbocycles. The summed E-state index contributed by atoms with van der Waals surface area (Å²) in [7, 11) is 0. The predicted octanol–water partition coefficient (Wildman–Crippen LogP) is 3.00. The Morgan fingerprint density at radius 3 is 2.88 bits per heavy atom. The molecule has 1 unspecified atom stereocenters. The van der Waals surface area contributed by atoms with Crippen molar-refractivity contribution in [2.45, 2.75) is 12.2 Å². The molecule has 0 saturated heterocycles. The highest BCUT2D eigenvalue weighted by Crippen LogP contribution is 2.16. The Morgan fingerprint density at radius 2 is 2.12 bits per heavy atom. The molecule has 1 atom stereocenters. The van der Waals surface area contributed by atoms with Crippen LogP contribution in [0.15, 0.2) is 45.1 Å². The summed E-state index contributed by atoms with van der Waals surface area (Å²) in [5, 5.41) is 2.89. The highest BCUT2D eigenvalue weighted by atomic mass is 127. The van der Waals surface area contributed by atoms with Crippen molar-refractivity contribution in [3.05, 3.63) is 45.7 Å². The van der Waals surface area contributed by atoms with Gasteiger partial charge in [0.25, 0.3) is 0 Å².